The van der Waals surface area contributed by atoms with E-state index in [0.717, 1.165) is 21.5 Å². The molecule has 0 aliphatic carbocycles. The van der Waals surface area contributed by atoms with Crippen LogP contribution in [0.3, 0.4) is 0 Å². The first-order valence-corrected chi connectivity index (χ1v) is 14.4. The molecule has 0 saturated heterocycles. The molecule has 11 nitrogen and oxygen atoms in total. The number of sulfonamides is 1. The van der Waals surface area contributed by atoms with Gasteiger partial charge in [-0.1, -0.05) is 37.3 Å². The molecule has 0 heterocycles. The lowest BCUT2D eigenvalue weighted by Crippen LogP contribution is -2.51. The third-order valence-corrected chi connectivity index (χ3v) is 8.61. The highest BCUT2D eigenvalue weighted by molar-refractivity contribution is 7.92. The summed E-state index contributed by atoms with van der Waals surface area (Å²) in [5, 5.41) is 14.1. The predicted octanol–water partition coefficient (Wildman–Crippen LogP) is 3.97. The minimum absolute atomic E-state index is 0.0734. The molecule has 0 radical (unpaired) electrons. The minimum Gasteiger partial charge on any atom is -0.497 e. The first kappa shape index (κ1) is 31.1. The lowest BCUT2D eigenvalue weighted by molar-refractivity contribution is -0.385. The van der Waals surface area contributed by atoms with E-state index in [1.54, 1.807) is 19.1 Å². The highest BCUT2D eigenvalue weighted by Gasteiger charge is 2.34. The molecule has 1 atom stereocenters. The number of rotatable bonds is 12. The summed E-state index contributed by atoms with van der Waals surface area (Å²) in [6.07, 6.45) is 0.288. The standard InChI is InChI=1S/C29H34N4O7S/c1-6-26(29(35)30-4)31(18-22-10-8-7-9-20(22)2)28(34)19-32(23-12-14-24(40-5)15-13-23)41(38,39)25-16-11-21(3)27(17-25)33(36)37/h7-17,26H,6,18-19H2,1-5H3,(H,30,35)/t26-/m0/s1. The average molecular weight is 583 g/mol. The van der Waals surface area contributed by atoms with E-state index in [4.69, 9.17) is 4.74 Å². The van der Waals surface area contributed by atoms with Gasteiger partial charge in [-0.25, -0.2) is 8.42 Å². The Morgan fingerprint density at radius 3 is 2.24 bits per heavy atom. The number of likely N-dealkylation sites (N-methyl/N-ethyl adjacent to an activating group) is 1. The van der Waals surface area contributed by atoms with Crippen molar-refractivity contribution in [2.24, 2.45) is 0 Å². The largest absolute Gasteiger partial charge is 0.497 e. The van der Waals surface area contributed by atoms with Crippen molar-refractivity contribution in [3.05, 3.63) is 93.5 Å². The molecular formula is C29H34N4O7S. The third kappa shape index (κ3) is 7.01. The van der Waals surface area contributed by atoms with E-state index in [-0.39, 0.29) is 35.1 Å². The van der Waals surface area contributed by atoms with Crippen molar-refractivity contribution in [1.82, 2.24) is 10.2 Å². The number of nitro benzene ring substituents is 1. The van der Waals surface area contributed by atoms with Gasteiger partial charge in [0.2, 0.25) is 11.8 Å². The second-order valence-electron chi connectivity index (χ2n) is 9.40. The summed E-state index contributed by atoms with van der Waals surface area (Å²) >= 11 is 0. The first-order valence-electron chi connectivity index (χ1n) is 12.9. The normalized spacial score (nSPS) is 11.8. The molecular weight excluding hydrogens is 548 g/mol. The molecule has 0 unspecified atom stereocenters. The number of benzene rings is 3. The number of nitrogens with one attached hydrogen (secondary N) is 1. The van der Waals surface area contributed by atoms with Gasteiger partial charge in [-0.3, -0.25) is 24.0 Å². The van der Waals surface area contributed by atoms with Crippen molar-refractivity contribution in [3.8, 4) is 5.75 Å². The summed E-state index contributed by atoms with van der Waals surface area (Å²) in [4.78, 5) is 38.8. The number of ether oxygens (including phenoxy) is 1. The quantitative estimate of drug-likeness (QED) is 0.252. The van der Waals surface area contributed by atoms with Crippen LogP contribution in [0.5, 0.6) is 5.75 Å². The number of anilines is 1. The van der Waals surface area contributed by atoms with Crippen LogP contribution in [0.4, 0.5) is 11.4 Å². The Balaban J connectivity index is 2.13. The molecule has 0 spiro atoms. The van der Waals surface area contributed by atoms with Crippen molar-refractivity contribution in [2.45, 2.75) is 44.7 Å². The van der Waals surface area contributed by atoms with Gasteiger partial charge < -0.3 is 15.0 Å². The first-order chi connectivity index (χ1) is 19.4. The maximum absolute atomic E-state index is 14.0. The van der Waals surface area contributed by atoms with E-state index in [1.165, 1.54) is 50.2 Å². The molecule has 2 amide bonds. The summed E-state index contributed by atoms with van der Waals surface area (Å²) in [7, 11) is -1.54. The van der Waals surface area contributed by atoms with Crippen LogP contribution in [0, 0.1) is 24.0 Å². The van der Waals surface area contributed by atoms with Gasteiger partial charge in [0.15, 0.2) is 0 Å². The van der Waals surface area contributed by atoms with E-state index in [2.05, 4.69) is 5.32 Å². The third-order valence-electron chi connectivity index (χ3n) is 6.84. The summed E-state index contributed by atoms with van der Waals surface area (Å²) < 4.78 is 34.1. The number of hydrogen-bond acceptors (Lipinski definition) is 7. The average Bonchev–Trinajstić information content (AvgIpc) is 2.96. The summed E-state index contributed by atoms with van der Waals surface area (Å²) in [6, 6.07) is 16.2. The molecule has 218 valence electrons. The zero-order valence-corrected chi connectivity index (χ0v) is 24.5. The summed E-state index contributed by atoms with van der Waals surface area (Å²) in [5.41, 5.74) is 1.78. The molecule has 12 heteroatoms. The van der Waals surface area contributed by atoms with Gasteiger partial charge in [0.05, 0.1) is 22.6 Å². The smallest absolute Gasteiger partial charge is 0.273 e. The number of nitrogens with zero attached hydrogens (tertiary/aromatic N) is 3. The van der Waals surface area contributed by atoms with Crippen LogP contribution in [0.25, 0.3) is 0 Å². The Morgan fingerprint density at radius 1 is 1.02 bits per heavy atom. The molecule has 0 aliphatic heterocycles. The van der Waals surface area contributed by atoms with E-state index >= 15 is 0 Å². The Labute approximate surface area is 239 Å². The topological polar surface area (TPSA) is 139 Å². The number of aryl methyl sites for hydroxylation is 2. The molecule has 41 heavy (non-hydrogen) atoms. The van der Waals surface area contributed by atoms with E-state index in [0.29, 0.717) is 11.3 Å². The Bertz CT molecular complexity index is 1520. The van der Waals surface area contributed by atoms with E-state index in [9.17, 15) is 28.1 Å². The van der Waals surface area contributed by atoms with E-state index < -0.39 is 33.4 Å². The molecule has 1 N–H and O–H groups in total. The molecule has 0 bridgehead atoms. The highest BCUT2D eigenvalue weighted by Crippen LogP contribution is 2.29. The van der Waals surface area contributed by atoms with E-state index in [1.807, 2.05) is 31.2 Å². The fourth-order valence-corrected chi connectivity index (χ4v) is 5.84. The van der Waals surface area contributed by atoms with Crippen molar-refractivity contribution in [3.63, 3.8) is 0 Å². The maximum Gasteiger partial charge on any atom is 0.273 e. The fourth-order valence-electron chi connectivity index (χ4n) is 4.41. The van der Waals surface area contributed by atoms with Gasteiger partial charge in [0.25, 0.3) is 15.7 Å². The predicted molar refractivity (Wildman–Crippen MR) is 155 cm³/mol. The van der Waals surface area contributed by atoms with Gasteiger partial charge in [-0.05, 0) is 61.7 Å². The van der Waals surface area contributed by atoms with Crippen LogP contribution in [-0.4, -0.2) is 56.8 Å². The molecule has 3 aromatic rings. The number of nitro groups is 1. The SMILES string of the molecule is CC[C@@H](C(=O)NC)N(Cc1ccccc1C)C(=O)CN(c1ccc(OC)cc1)S(=O)(=O)c1ccc(C)c([N+](=O)[O-])c1. The van der Waals surface area contributed by atoms with Crippen LogP contribution < -0.4 is 14.4 Å². The minimum atomic E-state index is -4.47. The van der Waals surface area contributed by atoms with Gasteiger partial charge in [-0.15, -0.1) is 0 Å². The van der Waals surface area contributed by atoms with Crippen LogP contribution in [0.2, 0.25) is 0 Å². The number of amides is 2. The van der Waals surface area contributed by atoms with Crippen molar-refractivity contribution >= 4 is 33.2 Å². The fraction of sp³-hybridized carbons (Fsp3) is 0.310. The maximum atomic E-state index is 14.0. The van der Waals surface area contributed by atoms with Crippen LogP contribution in [0.15, 0.2) is 71.6 Å². The molecule has 3 aromatic carbocycles. The Morgan fingerprint density at radius 2 is 1.68 bits per heavy atom. The Hall–Kier alpha value is -4.45. The lowest BCUT2D eigenvalue weighted by Gasteiger charge is -2.33. The number of methoxy groups -OCH3 is 1. The van der Waals surface area contributed by atoms with Crippen molar-refractivity contribution < 1.29 is 27.7 Å². The van der Waals surface area contributed by atoms with Gasteiger partial charge in [0.1, 0.15) is 18.3 Å². The number of carbonyl (C=O) groups excluding carboxylic acids is 2. The molecule has 0 fully saturated rings. The molecule has 0 saturated carbocycles. The number of hydrogen-bond donors (Lipinski definition) is 1. The zero-order chi connectivity index (χ0) is 30.3. The van der Waals surface area contributed by atoms with Crippen molar-refractivity contribution in [1.29, 1.82) is 0 Å². The molecule has 0 aliphatic rings. The second kappa shape index (κ2) is 13.3. The van der Waals surface area contributed by atoms with Gasteiger partial charge in [0, 0.05) is 25.2 Å². The van der Waals surface area contributed by atoms with Crippen LogP contribution in [-0.2, 0) is 26.2 Å². The van der Waals surface area contributed by atoms with Gasteiger partial charge in [-0.2, -0.15) is 0 Å². The number of carbonyl (C=O) groups is 2. The summed E-state index contributed by atoms with van der Waals surface area (Å²) in [5.74, 6) is -0.539. The second-order valence-corrected chi connectivity index (χ2v) is 11.3. The molecule has 0 aromatic heterocycles. The van der Waals surface area contributed by atoms with Gasteiger partial charge >= 0.3 is 0 Å². The van der Waals surface area contributed by atoms with Crippen molar-refractivity contribution in [2.75, 3.05) is 25.0 Å². The van der Waals surface area contributed by atoms with Crippen LogP contribution >= 0.6 is 0 Å². The summed E-state index contributed by atoms with van der Waals surface area (Å²) in [6.45, 7) is 4.57. The lowest BCUT2D eigenvalue weighted by atomic mass is 10.1. The van der Waals surface area contributed by atoms with Crippen LogP contribution in [0.1, 0.15) is 30.0 Å². The zero-order valence-electron chi connectivity index (χ0n) is 23.7. The molecule has 3 rings (SSSR count). The Kier molecular flexibility index (Phi) is 10.1. The monoisotopic (exact) mass is 582 g/mol. The highest BCUT2D eigenvalue weighted by atomic mass is 32.2.